The highest BCUT2D eigenvalue weighted by molar-refractivity contribution is 5.05. The first-order valence-corrected chi connectivity index (χ1v) is 15.0. The third-order valence-corrected chi connectivity index (χ3v) is 9.44. The highest BCUT2D eigenvalue weighted by Crippen LogP contribution is 2.42. The minimum Gasteiger partial charge on any atom is -0.394 e. The number of aliphatic hydroxyl groups is 11. The number of hydrogen-bond acceptors (Lipinski definition) is 20. The zero-order valence-corrected chi connectivity index (χ0v) is 24.5. The Morgan fingerprint density at radius 2 is 1.24 bits per heavy atom. The van der Waals surface area contributed by atoms with Gasteiger partial charge < -0.3 is 98.8 Å². The number of rotatable bonds is 9. The SMILES string of the molecule is CC(O)[C@@]1(O[C@@H]2[C@H]3OC[C@@H]2O[C@@H](O[C@@H]2[C@@H](O)[C@H](O[C@@H]4[C@H]5OC[C@@H]4O[C@@H](O)[C@H]5O)O[C@H](CO)[C@H]2O)[C@H]3O)O[C@H](CO)[C@H](O)[C@H](O)[C@H]1O. The summed E-state index contributed by atoms with van der Waals surface area (Å²) in [6, 6.07) is 0. The monoisotopic (exact) mass is 674 g/mol. The van der Waals surface area contributed by atoms with Gasteiger partial charge in [0.25, 0.3) is 0 Å². The quantitative estimate of drug-likeness (QED) is 0.108. The molecular weight excluding hydrogens is 632 g/mol. The van der Waals surface area contributed by atoms with Crippen LogP contribution >= 0.6 is 0 Å². The van der Waals surface area contributed by atoms with E-state index in [2.05, 4.69) is 0 Å². The zero-order valence-electron chi connectivity index (χ0n) is 24.5. The van der Waals surface area contributed by atoms with E-state index in [0.29, 0.717) is 0 Å². The molecule has 1 unspecified atom stereocenters. The molecule has 20 nitrogen and oxygen atoms in total. The number of hydrogen-bond donors (Lipinski definition) is 11. The Hall–Kier alpha value is -0.800. The molecule has 46 heavy (non-hydrogen) atoms. The Labute approximate surface area is 261 Å². The lowest BCUT2D eigenvalue weighted by atomic mass is 9.89. The zero-order chi connectivity index (χ0) is 33.2. The molecule has 266 valence electrons. The number of ether oxygens (including phenoxy) is 9. The van der Waals surface area contributed by atoms with Gasteiger partial charge in [-0.1, -0.05) is 0 Å². The molecule has 0 saturated carbocycles. The molecular formula is C26H42O20. The topological polar surface area (TPSA) is 306 Å². The predicted molar refractivity (Wildman–Crippen MR) is 138 cm³/mol. The van der Waals surface area contributed by atoms with Crippen LogP contribution in [0.15, 0.2) is 0 Å². The van der Waals surface area contributed by atoms with Crippen LogP contribution in [0.3, 0.4) is 0 Å². The molecule has 4 bridgehead atoms. The van der Waals surface area contributed by atoms with Gasteiger partial charge in [0.2, 0.25) is 5.79 Å². The van der Waals surface area contributed by atoms with Crippen molar-refractivity contribution in [3.63, 3.8) is 0 Å². The molecule has 21 atom stereocenters. The first-order valence-electron chi connectivity index (χ1n) is 15.0. The van der Waals surface area contributed by atoms with Crippen LogP contribution in [-0.4, -0.2) is 211 Å². The lowest BCUT2D eigenvalue weighted by molar-refractivity contribution is -0.415. The molecule has 6 rings (SSSR count). The Bertz CT molecular complexity index is 1040. The second-order valence-electron chi connectivity index (χ2n) is 12.3. The molecule has 11 N–H and O–H groups in total. The largest absolute Gasteiger partial charge is 0.394 e. The molecule has 6 aliphatic rings. The number of aliphatic hydroxyl groups excluding tert-OH is 11. The lowest BCUT2D eigenvalue weighted by Gasteiger charge is -2.52. The first kappa shape index (κ1) is 35.0. The summed E-state index contributed by atoms with van der Waals surface area (Å²) in [6.07, 6.45) is -29.5. The summed E-state index contributed by atoms with van der Waals surface area (Å²) in [5, 5.41) is 115. The Morgan fingerprint density at radius 3 is 1.87 bits per heavy atom. The summed E-state index contributed by atoms with van der Waals surface area (Å²) >= 11 is 0. The highest BCUT2D eigenvalue weighted by Gasteiger charge is 2.63. The molecule has 0 aromatic heterocycles. The Balaban J connectivity index is 1.16. The fraction of sp³-hybridized carbons (Fsp3) is 1.00. The van der Waals surface area contributed by atoms with Crippen LogP contribution in [0.5, 0.6) is 0 Å². The maximum absolute atomic E-state index is 11.2. The number of fused-ring (bicyclic) bond motifs is 4. The van der Waals surface area contributed by atoms with Crippen molar-refractivity contribution < 1.29 is 98.8 Å². The second kappa shape index (κ2) is 13.5. The molecule has 6 fully saturated rings. The maximum Gasteiger partial charge on any atom is 0.224 e. The van der Waals surface area contributed by atoms with Gasteiger partial charge in [0.1, 0.15) is 104 Å². The third-order valence-electron chi connectivity index (χ3n) is 9.44. The molecule has 0 aromatic carbocycles. The second-order valence-corrected chi connectivity index (χ2v) is 12.3. The van der Waals surface area contributed by atoms with Crippen LogP contribution < -0.4 is 0 Å². The smallest absolute Gasteiger partial charge is 0.224 e. The van der Waals surface area contributed by atoms with Gasteiger partial charge in [-0.3, -0.25) is 0 Å². The summed E-state index contributed by atoms with van der Waals surface area (Å²) in [5.41, 5.74) is 0. The van der Waals surface area contributed by atoms with Gasteiger partial charge in [-0.2, -0.15) is 0 Å². The van der Waals surface area contributed by atoms with Crippen molar-refractivity contribution in [3.05, 3.63) is 0 Å². The molecule has 0 aromatic rings. The standard InChI is InChI=1S/C26H42O20/c1-6(29)26(22(36)13(32)11(30)8(3-28)45-26)46-18-10-5-39-21(18)16(35)25(42-10)44-19-12(31)7(2-27)41-24(15(19)34)43-17-9-4-38-20(17)14(33)23(37)40-9/h6-25,27-37H,2-5H2,1H3/t6?,7-,8-,9+,10+,11+,12-,13+,14+,15-,16+,17+,18+,19+,20+,21+,22-,23-,24+,25+,26+/m1/s1. The minimum atomic E-state index is -2.40. The highest BCUT2D eigenvalue weighted by atomic mass is 16.8. The fourth-order valence-corrected chi connectivity index (χ4v) is 6.84. The summed E-state index contributed by atoms with van der Waals surface area (Å²) in [4.78, 5) is 0. The predicted octanol–water partition coefficient (Wildman–Crippen LogP) is -7.91. The van der Waals surface area contributed by atoms with Gasteiger partial charge in [-0.15, -0.1) is 0 Å². The lowest BCUT2D eigenvalue weighted by Crippen LogP contribution is -2.72. The minimum absolute atomic E-state index is 0.0367. The van der Waals surface area contributed by atoms with Crippen LogP contribution in [0.25, 0.3) is 0 Å². The maximum atomic E-state index is 11.2. The van der Waals surface area contributed by atoms with E-state index >= 15 is 0 Å². The van der Waals surface area contributed by atoms with E-state index in [1.165, 1.54) is 6.92 Å². The van der Waals surface area contributed by atoms with Crippen LogP contribution in [-0.2, 0) is 42.6 Å². The van der Waals surface area contributed by atoms with Crippen molar-refractivity contribution in [1.29, 1.82) is 0 Å². The van der Waals surface area contributed by atoms with Crippen molar-refractivity contribution >= 4 is 0 Å². The van der Waals surface area contributed by atoms with Gasteiger partial charge in [-0.25, -0.2) is 0 Å². The van der Waals surface area contributed by atoms with E-state index in [1.807, 2.05) is 0 Å². The molecule has 0 radical (unpaired) electrons. The van der Waals surface area contributed by atoms with Crippen molar-refractivity contribution in [3.8, 4) is 0 Å². The average Bonchev–Trinajstić information content (AvgIpc) is 3.51. The van der Waals surface area contributed by atoms with Crippen LogP contribution in [0, 0.1) is 0 Å². The molecule has 6 heterocycles. The van der Waals surface area contributed by atoms with Crippen molar-refractivity contribution in [2.45, 2.75) is 135 Å². The normalized spacial score (nSPS) is 56.2. The molecule has 6 aliphatic heterocycles. The van der Waals surface area contributed by atoms with E-state index in [0.717, 1.165) is 0 Å². The van der Waals surface area contributed by atoms with Gasteiger partial charge in [0, 0.05) is 0 Å². The van der Waals surface area contributed by atoms with Crippen LogP contribution in [0.2, 0.25) is 0 Å². The molecule has 6 saturated heterocycles. The summed E-state index contributed by atoms with van der Waals surface area (Å²) in [7, 11) is 0. The van der Waals surface area contributed by atoms with Crippen molar-refractivity contribution in [2.24, 2.45) is 0 Å². The van der Waals surface area contributed by atoms with Crippen LogP contribution in [0.4, 0.5) is 0 Å². The molecule has 0 amide bonds. The van der Waals surface area contributed by atoms with Gasteiger partial charge in [-0.05, 0) is 6.92 Å². The summed E-state index contributed by atoms with van der Waals surface area (Å²) in [5.74, 6) is -2.40. The first-order chi connectivity index (χ1) is 21.8. The Kier molecular flexibility index (Phi) is 10.3. The van der Waals surface area contributed by atoms with E-state index in [-0.39, 0.29) is 13.2 Å². The van der Waals surface area contributed by atoms with E-state index < -0.39 is 142 Å². The van der Waals surface area contributed by atoms with Crippen molar-refractivity contribution in [2.75, 3.05) is 26.4 Å². The van der Waals surface area contributed by atoms with E-state index in [4.69, 9.17) is 42.6 Å². The molecule has 0 spiro atoms. The van der Waals surface area contributed by atoms with Crippen molar-refractivity contribution in [1.82, 2.24) is 0 Å². The van der Waals surface area contributed by atoms with E-state index in [9.17, 15) is 56.2 Å². The summed E-state index contributed by atoms with van der Waals surface area (Å²) in [6.45, 7) is -0.593. The van der Waals surface area contributed by atoms with Gasteiger partial charge in [0.15, 0.2) is 18.9 Å². The molecule has 0 aliphatic carbocycles. The Morgan fingerprint density at radius 1 is 0.652 bits per heavy atom. The van der Waals surface area contributed by atoms with Crippen LogP contribution in [0.1, 0.15) is 6.92 Å². The fourth-order valence-electron chi connectivity index (χ4n) is 6.84. The van der Waals surface area contributed by atoms with E-state index in [1.54, 1.807) is 0 Å². The van der Waals surface area contributed by atoms with Gasteiger partial charge >= 0.3 is 0 Å². The summed E-state index contributed by atoms with van der Waals surface area (Å²) < 4.78 is 51.0. The molecule has 20 heteroatoms. The van der Waals surface area contributed by atoms with Gasteiger partial charge in [0.05, 0.1) is 26.4 Å². The average molecular weight is 675 g/mol. The third kappa shape index (κ3) is 5.80.